The van der Waals surface area contributed by atoms with E-state index in [1.54, 1.807) is 36.4 Å². The summed E-state index contributed by atoms with van der Waals surface area (Å²) in [5, 5.41) is 19.2. The van der Waals surface area contributed by atoms with Gasteiger partial charge in [0.15, 0.2) is 11.6 Å². The lowest BCUT2D eigenvalue weighted by Crippen LogP contribution is -2.12. The van der Waals surface area contributed by atoms with Gasteiger partial charge in [-0.25, -0.2) is 4.99 Å². The molecular formula is C16H14ClN5O3. The molecule has 0 bridgehead atoms. The fraction of sp³-hybridized carbons (Fsp3) is 0.0625. The maximum absolute atomic E-state index is 11.8. The van der Waals surface area contributed by atoms with Gasteiger partial charge < -0.3 is 20.6 Å². The zero-order valence-electron chi connectivity index (χ0n) is 12.9. The van der Waals surface area contributed by atoms with Crippen LogP contribution < -0.4 is 11.1 Å². The second-order valence-electron chi connectivity index (χ2n) is 5.02. The summed E-state index contributed by atoms with van der Waals surface area (Å²) in [7, 11) is 0. The molecule has 0 aliphatic carbocycles. The van der Waals surface area contributed by atoms with Crippen molar-refractivity contribution in [2.75, 3.05) is 5.32 Å². The minimum Gasteiger partial charge on any atom is -0.458 e. The highest BCUT2D eigenvalue weighted by atomic mass is 35.5. The van der Waals surface area contributed by atoms with Crippen LogP contribution in [-0.2, 0) is 6.61 Å². The smallest absolute Gasteiger partial charge is 0.256 e. The highest BCUT2D eigenvalue weighted by molar-refractivity contribution is 6.30. The number of nitrogens with two attached hydrogens (primary N) is 1. The zero-order valence-corrected chi connectivity index (χ0v) is 13.6. The molecule has 1 amide bonds. The van der Waals surface area contributed by atoms with Crippen molar-refractivity contribution in [3.63, 3.8) is 0 Å². The number of aromatic nitrogens is 2. The summed E-state index contributed by atoms with van der Waals surface area (Å²) >= 11 is 5.94. The Morgan fingerprint density at radius 3 is 2.96 bits per heavy atom. The van der Waals surface area contributed by atoms with Crippen LogP contribution in [0.25, 0.3) is 0 Å². The second-order valence-corrected chi connectivity index (χ2v) is 5.45. The van der Waals surface area contributed by atoms with E-state index in [0.29, 0.717) is 22.2 Å². The van der Waals surface area contributed by atoms with Crippen molar-refractivity contribution in [1.82, 2.24) is 10.2 Å². The van der Waals surface area contributed by atoms with Crippen molar-refractivity contribution in [2.45, 2.75) is 6.61 Å². The number of halogens is 1. The van der Waals surface area contributed by atoms with Crippen molar-refractivity contribution in [3.05, 3.63) is 58.5 Å². The van der Waals surface area contributed by atoms with Gasteiger partial charge in [0.1, 0.15) is 23.7 Å². The number of primary amides is 1. The van der Waals surface area contributed by atoms with Crippen molar-refractivity contribution in [2.24, 2.45) is 10.7 Å². The summed E-state index contributed by atoms with van der Waals surface area (Å²) in [6.45, 7) is -0.210. The quantitative estimate of drug-likeness (QED) is 0.503. The normalized spacial score (nSPS) is 11.1. The summed E-state index contributed by atoms with van der Waals surface area (Å²) < 4.78 is 5.29. The van der Waals surface area contributed by atoms with E-state index in [2.05, 4.69) is 20.5 Å². The Bertz CT molecular complexity index is 932. The molecular weight excluding hydrogens is 346 g/mol. The predicted octanol–water partition coefficient (Wildman–Crippen LogP) is 2.74. The highest BCUT2D eigenvalue weighted by Crippen LogP contribution is 2.27. The van der Waals surface area contributed by atoms with Crippen LogP contribution in [0.2, 0.25) is 5.02 Å². The molecule has 3 aromatic rings. The van der Waals surface area contributed by atoms with E-state index >= 15 is 0 Å². The van der Waals surface area contributed by atoms with Crippen molar-refractivity contribution in [1.29, 1.82) is 0 Å². The molecule has 9 heteroatoms. The third kappa shape index (κ3) is 3.87. The fourth-order valence-electron chi connectivity index (χ4n) is 2.13. The molecule has 2 aromatic heterocycles. The number of aliphatic hydroxyl groups is 1. The maximum atomic E-state index is 11.8. The third-order valence-electron chi connectivity index (χ3n) is 3.24. The summed E-state index contributed by atoms with van der Waals surface area (Å²) in [4.78, 5) is 15.9. The summed E-state index contributed by atoms with van der Waals surface area (Å²) in [5.41, 5.74) is 6.19. The van der Waals surface area contributed by atoms with Gasteiger partial charge in [-0.1, -0.05) is 17.7 Å². The van der Waals surface area contributed by atoms with Crippen LogP contribution in [0.15, 0.2) is 45.8 Å². The Labute approximate surface area is 147 Å². The Hall–Kier alpha value is -3.10. The lowest BCUT2D eigenvalue weighted by molar-refractivity contribution is 0.100. The van der Waals surface area contributed by atoms with Gasteiger partial charge >= 0.3 is 0 Å². The summed E-state index contributed by atoms with van der Waals surface area (Å²) in [6.07, 6.45) is 1.39. The van der Waals surface area contributed by atoms with Gasteiger partial charge in [-0.15, -0.1) is 0 Å². The largest absolute Gasteiger partial charge is 0.458 e. The number of aromatic amines is 1. The van der Waals surface area contributed by atoms with Crippen molar-refractivity contribution >= 4 is 41.0 Å². The number of carbonyl (C=O) groups is 1. The van der Waals surface area contributed by atoms with Gasteiger partial charge in [-0.3, -0.25) is 9.89 Å². The topological polar surface area (TPSA) is 130 Å². The standard InChI is InChI=1S/C16H14ClN5O3/c17-9-2-1-3-10(6-9)20-16-13(14(18)24)15(21-22-16)19-7-11-4-5-12(8-23)25-11/h1-7,23H,8H2,(H2,18,24)(H2,20,21,22)/b19-7+. The molecule has 3 rings (SSSR count). The fourth-order valence-corrected chi connectivity index (χ4v) is 2.32. The molecule has 128 valence electrons. The number of hydrogen-bond donors (Lipinski definition) is 4. The molecule has 0 aliphatic heterocycles. The first-order valence-corrected chi connectivity index (χ1v) is 7.59. The van der Waals surface area contributed by atoms with Gasteiger partial charge in [0, 0.05) is 10.7 Å². The number of H-pyrrole nitrogens is 1. The Balaban J connectivity index is 1.88. The molecule has 0 atom stereocenters. The number of aliphatic hydroxyl groups excluding tert-OH is 1. The van der Waals surface area contributed by atoms with Crippen LogP contribution in [0.5, 0.6) is 0 Å². The first kappa shape index (κ1) is 16.7. The first-order valence-electron chi connectivity index (χ1n) is 7.21. The third-order valence-corrected chi connectivity index (χ3v) is 3.48. The van der Waals surface area contributed by atoms with Crippen molar-refractivity contribution in [3.8, 4) is 0 Å². The van der Waals surface area contributed by atoms with Gasteiger partial charge in [0.2, 0.25) is 0 Å². The summed E-state index contributed by atoms with van der Waals surface area (Å²) in [6, 6.07) is 10.2. The number of hydrogen-bond acceptors (Lipinski definition) is 6. The van der Waals surface area contributed by atoms with E-state index in [1.165, 1.54) is 6.21 Å². The Kier molecular flexibility index (Phi) is 4.82. The van der Waals surface area contributed by atoms with Gasteiger partial charge in [0.05, 0.1) is 6.21 Å². The van der Waals surface area contributed by atoms with E-state index in [-0.39, 0.29) is 23.8 Å². The first-order chi connectivity index (χ1) is 12.1. The Morgan fingerprint density at radius 2 is 2.28 bits per heavy atom. The van der Waals surface area contributed by atoms with E-state index in [1.807, 2.05) is 0 Å². The number of amides is 1. The van der Waals surface area contributed by atoms with E-state index in [4.69, 9.17) is 26.9 Å². The van der Waals surface area contributed by atoms with Crippen LogP contribution in [0.4, 0.5) is 17.3 Å². The average molecular weight is 360 g/mol. The summed E-state index contributed by atoms with van der Waals surface area (Å²) in [5.74, 6) is 0.542. The van der Waals surface area contributed by atoms with Gasteiger partial charge in [0.25, 0.3) is 5.91 Å². The van der Waals surface area contributed by atoms with Crippen LogP contribution >= 0.6 is 11.6 Å². The van der Waals surface area contributed by atoms with Gasteiger partial charge in [-0.05, 0) is 30.3 Å². The number of aliphatic imine (C=N–C) groups is 1. The van der Waals surface area contributed by atoms with Crippen LogP contribution in [0.3, 0.4) is 0 Å². The SMILES string of the molecule is NC(=O)c1c(Nc2cccc(Cl)c2)n[nH]c1/N=C/c1ccc(CO)o1. The van der Waals surface area contributed by atoms with Gasteiger partial charge in [-0.2, -0.15) is 5.10 Å². The van der Waals surface area contributed by atoms with Crippen LogP contribution in [-0.4, -0.2) is 27.4 Å². The molecule has 0 spiro atoms. The number of furan rings is 1. The number of rotatable bonds is 6. The van der Waals surface area contributed by atoms with Crippen LogP contribution in [0.1, 0.15) is 21.9 Å². The number of anilines is 2. The monoisotopic (exact) mass is 359 g/mol. The molecule has 0 saturated carbocycles. The van der Waals surface area contributed by atoms with E-state index in [9.17, 15) is 4.79 Å². The van der Waals surface area contributed by atoms with E-state index < -0.39 is 5.91 Å². The molecule has 8 nitrogen and oxygen atoms in total. The molecule has 0 saturated heterocycles. The molecule has 5 N–H and O–H groups in total. The minimum atomic E-state index is -0.694. The molecule has 0 fully saturated rings. The molecule has 25 heavy (non-hydrogen) atoms. The zero-order chi connectivity index (χ0) is 17.8. The Morgan fingerprint density at radius 1 is 1.44 bits per heavy atom. The average Bonchev–Trinajstić information content (AvgIpc) is 3.19. The molecule has 0 radical (unpaired) electrons. The van der Waals surface area contributed by atoms with Crippen molar-refractivity contribution < 1.29 is 14.3 Å². The molecule has 2 heterocycles. The maximum Gasteiger partial charge on any atom is 0.256 e. The number of nitrogens with zero attached hydrogens (tertiary/aromatic N) is 2. The number of benzene rings is 1. The van der Waals surface area contributed by atoms with E-state index in [0.717, 1.165) is 0 Å². The lowest BCUT2D eigenvalue weighted by atomic mass is 10.2. The number of nitrogens with one attached hydrogen (secondary N) is 2. The molecule has 1 aromatic carbocycles. The molecule has 0 unspecified atom stereocenters. The minimum absolute atomic E-state index is 0.102. The second kappa shape index (κ2) is 7.20. The predicted molar refractivity (Wildman–Crippen MR) is 93.7 cm³/mol. The number of carbonyl (C=O) groups excluding carboxylic acids is 1. The van der Waals surface area contributed by atoms with Crippen LogP contribution in [0, 0.1) is 0 Å². The highest BCUT2D eigenvalue weighted by Gasteiger charge is 2.18. The molecule has 0 aliphatic rings. The lowest BCUT2D eigenvalue weighted by Gasteiger charge is -2.04.